The lowest BCUT2D eigenvalue weighted by atomic mass is 10.0. The van der Waals surface area contributed by atoms with E-state index in [0.717, 1.165) is 11.1 Å². The van der Waals surface area contributed by atoms with Crippen LogP contribution in [0, 0.1) is 6.92 Å². The summed E-state index contributed by atoms with van der Waals surface area (Å²) in [5, 5.41) is 9.75. The zero-order valence-electron chi connectivity index (χ0n) is 15.5. The Balaban J connectivity index is 2.16. The minimum Gasteiger partial charge on any atom is -0.508 e. The molecule has 0 heterocycles. The lowest BCUT2D eigenvalue weighted by Crippen LogP contribution is -2.32. The van der Waals surface area contributed by atoms with Crippen LogP contribution in [0.1, 0.15) is 18.9 Å². The largest absolute Gasteiger partial charge is 0.508 e. The van der Waals surface area contributed by atoms with E-state index in [1.54, 1.807) is 6.92 Å². The summed E-state index contributed by atoms with van der Waals surface area (Å²) in [7, 11) is -3.76. The molecule has 3 aromatic rings. The fourth-order valence-corrected chi connectivity index (χ4v) is 4.70. The van der Waals surface area contributed by atoms with Crippen LogP contribution in [0.5, 0.6) is 5.75 Å². The molecule has 0 radical (unpaired) electrons. The number of phenols is 1. The molecule has 0 saturated heterocycles. The minimum absolute atomic E-state index is 0.0840. The molecule has 5 heteroatoms. The van der Waals surface area contributed by atoms with Crippen LogP contribution >= 0.6 is 0 Å². The van der Waals surface area contributed by atoms with Gasteiger partial charge in [0.2, 0.25) is 0 Å². The van der Waals surface area contributed by atoms with Gasteiger partial charge in [-0.2, -0.15) is 0 Å². The molecular formula is C22H23NO3S. The highest BCUT2D eigenvalue weighted by molar-refractivity contribution is 7.92. The second-order valence-electron chi connectivity index (χ2n) is 6.41. The van der Waals surface area contributed by atoms with Gasteiger partial charge in [0.15, 0.2) is 0 Å². The molecule has 0 aliphatic rings. The number of phenolic OH excluding ortho intramolecular Hbond substituents is 1. The maximum atomic E-state index is 13.4. The van der Waals surface area contributed by atoms with Crippen LogP contribution in [0.25, 0.3) is 11.1 Å². The number of para-hydroxylation sites is 1. The van der Waals surface area contributed by atoms with Crippen LogP contribution in [0.15, 0.2) is 77.7 Å². The monoisotopic (exact) mass is 381 g/mol. The Morgan fingerprint density at radius 3 is 2.26 bits per heavy atom. The third kappa shape index (κ3) is 3.83. The zero-order chi connectivity index (χ0) is 19.4. The number of benzene rings is 3. The zero-order valence-corrected chi connectivity index (χ0v) is 16.3. The molecule has 4 nitrogen and oxygen atoms in total. The van der Waals surface area contributed by atoms with E-state index in [9.17, 15) is 13.5 Å². The standard InChI is InChI=1S/C22H23NO3S/c1-3-15-23(27(25,26)19-13-14-22(24)17(2)16-19)21-12-8-7-11-20(21)18-9-5-4-6-10-18/h4-14,16,24H,3,15H2,1-2H3. The van der Waals surface area contributed by atoms with E-state index < -0.39 is 10.0 Å². The van der Waals surface area contributed by atoms with Crippen LogP contribution < -0.4 is 4.31 Å². The molecule has 0 fully saturated rings. The van der Waals surface area contributed by atoms with E-state index in [2.05, 4.69) is 0 Å². The number of hydrogen-bond donors (Lipinski definition) is 1. The Labute approximate surface area is 160 Å². The molecule has 3 aromatic carbocycles. The van der Waals surface area contributed by atoms with E-state index in [1.165, 1.54) is 22.5 Å². The Hall–Kier alpha value is -2.79. The van der Waals surface area contributed by atoms with Crippen LogP contribution in [0.3, 0.4) is 0 Å². The van der Waals surface area contributed by atoms with Crippen molar-refractivity contribution in [2.75, 3.05) is 10.8 Å². The third-order valence-electron chi connectivity index (χ3n) is 4.44. The lowest BCUT2D eigenvalue weighted by molar-refractivity contribution is 0.470. The van der Waals surface area contributed by atoms with Crippen LogP contribution in [-0.4, -0.2) is 20.1 Å². The van der Waals surface area contributed by atoms with E-state index in [1.807, 2.05) is 61.5 Å². The highest BCUT2D eigenvalue weighted by Gasteiger charge is 2.26. The Bertz CT molecular complexity index is 1030. The number of rotatable bonds is 6. The number of aromatic hydroxyl groups is 1. The van der Waals surface area contributed by atoms with E-state index in [4.69, 9.17) is 0 Å². The summed E-state index contributed by atoms with van der Waals surface area (Å²) in [6.45, 7) is 4.01. The first-order valence-corrected chi connectivity index (χ1v) is 10.4. The number of hydrogen-bond acceptors (Lipinski definition) is 3. The maximum Gasteiger partial charge on any atom is 0.264 e. The smallest absolute Gasteiger partial charge is 0.264 e. The maximum absolute atomic E-state index is 13.4. The Morgan fingerprint density at radius 1 is 0.926 bits per heavy atom. The average molecular weight is 381 g/mol. The van der Waals surface area contributed by atoms with Gasteiger partial charge in [0.05, 0.1) is 10.6 Å². The topological polar surface area (TPSA) is 57.6 Å². The molecule has 0 saturated carbocycles. The molecule has 3 rings (SSSR count). The molecule has 0 aliphatic carbocycles. The van der Waals surface area contributed by atoms with E-state index >= 15 is 0 Å². The highest BCUT2D eigenvalue weighted by Crippen LogP contribution is 2.34. The Morgan fingerprint density at radius 2 is 1.59 bits per heavy atom. The van der Waals surface area contributed by atoms with Crippen molar-refractivity contribution < 1.29 is 13.5 Å². The normalized spacial score (nSPS) is 11.3. The van der Waals surface area contributed by atoms with Crippen LogP contribution in [0.4, 0.5) is 5.69 Å². The van der Waals surface area contributed by atoms with Gasteiger partial charge in [0.25, 0.3) is 10.0 Å². The first-order valence-electron chi connectivity index (χ1n) is 8.92. The molecule has 0 aliphatic heterocycles. The van der Waals surface area contributed by atoms with Gasteiger partial charge in [-0.25, -0.2) is 8.42 Å². The summed E-state index contributed by atoms with van der Waals surface area (Å²) < 4.78 is 28.3. The summed E-state index contributed by atoms with van der Waals surface area (Å²) >= 11 is 0. The highest BCUT2D eigenvalue weighted by atomic mass is 32.2. The predicted molar refractivity (Wildman–Crippen MR) is 110 cm³/mol. The van der Waals surface area contributed by atoms with Gasteiger partial charge in [0, 0.05) is 12.1 Å². The number of nitrogens with zero attached hydrogens (tertiary/aromatic N) is 1. The van der Waals surface area contributed by atoms with Gasteiger partial charge in [-0.3, -0.25) is 4.31 Å². The summed E-state index contributed by atoms with van der Waals surface area (Å²) in [5.41, 5.74) is 3.01. The van der Waals surface area contributed by atoms with Crippen molar-refractivity contribution in [3.63, 3.8) is 0 Å². The molecule has 0 amide bonds. The number of aryl methyl sites for hydroxylation is 1. The van der Waals surface area contributed by atoms with Crippen molar-refractivity contribution >= 4 is 15.7 Å². The van der Waals surface area contributed by atoms with Gasteiger partial charge >= 0.3 is 0 Å². The van der Waals surface area contributed by atoms with Crippen molar-refractivity contribution in [1.29, 1.82) is 0 Å². The first kappa shape index (κ1) is 19.0. The Kier molecular flexibility index (Phi) is 5.51. The summed E-state index contributed by atoms with van der Waals surface area (Å²) in [4.78, 5) is 0.175. The van der Waals surface area contributed by atoms with E-state index in [-0.39, 0.29) is 10.6 Å². The summed E-state index contributed by atoms with van der Waals surface area (Å²) in [6.07, 6.45) is 0.680. The molecule has 0 bridgehead atoms. The van der Waals surface area contributed by atoms with Crippen LogP contribution in [0.2, 0.25) is 0 Å². The SMILES string of the molecule is CCCN(c1ccccc1-c1ccccc1)S(=O)(=O)c1ccc(O)c(C)c1. The van der Waals surface area contributed by atoms with Gasteiger partial charge in [-0.1, -0.05) is 55.5 Å². The van der Waals surface area contributed by atoms with Crippen LogP contribution in [-0.2, 0) is 10.0 Å². The number of anilines is 1. The molecule has 0 aromatic heterocycles. The molecule has 27 heavy (non-hydrogen) atoms. The van der Waals surface area contributed by atoms with Crippen molar-refractivity contribution in [2.45, 2.75) is 25.2 Å². The third-order valence-corrected chi connectivity index (χ3v) is 6.25. The van der Waals surface area contributed by atoms with Crippen molar-refractivity contribution in [3.8, 4) is 16.9 Å². The van der Waals surface area contributed by atoms with Crippen molar-refractivity contribution in [2.24, 2.45) is 0 Å². The molecule has 0 spiro atoms. The molecular weight excluding hydrogens is 358 g/mol. The lowest BCUT2D eigenvalue weighted by Gasteiger charge is -2.26. The summed E-state index contributed by atoms with van der Waals surface area (Å²) in [6, 6.07) is 21.7. The second kappa shape index (κ2) is 7.84. The fraction of sp³-hybridized carbons (Fsp3) is 0.182. The first-order chi connectivity index (χ1) is 12.9. The minimum atomic E-state index is -3.76. The fourth-order valence-electron chi connectivity index (χ4n) is 3.04. The molecule has 0 unspecified atom stereocenters. The van der Waals surface area contributed by atoms with Gasteiger partial charge < -0.3 is 5.11 Å². The average Bonchev–Trinajstić information content (AvgIpc) is 2.68. The van der Waals surface area contributed by atoms with Gasteiger partial charge in [0.1, 0.15) is 5.75 Å². The second-order valence-corrected chi connectivity index (χ2v) is 8.27. The van der Waals surface area contributed by atoms with E-state index in [0.29, 0.717) is 24.2 Å². The molecule has 0 atom stereocenters. The van der Waals surface area contributed by atoms with Gasteiger partial charge in [-0.05, 0) is 48.7 Å². The number of sulfonamides is 1. The molecule has 1 N–H and O–H groups in total. The van der Waals surface area contributed by atoms with Gasteiger partial charge in [-0.15, -0.1) is 0 Å². The molecule has 140 valence electrons. The quantitative estimate of drug-likeness (QED) is 0.656. The summed E-state index contributed by atoms with van der Waals surface area (Å²) in [5.74, 6) is 0.0840. The van der Waals surface area contributed by atoms with Crippen molar-refractivity contribution in [1.82, 2.24) is 0 Å². The predicted octanol–water partition coefficient (Wildman–Crippen LogP) is 4.97. The van der Waals surface area contributed by atoms with Crippen molar-refractivity contribution in [3.05, 3.63) is 78.4 Å².